The summed E-state index contributed by atoms with van der Waals surface area (Å²) in [5, 5.41) is 5.27. The van der Waals surface area contributed by atoms with Crippen LogP contribution in [-0.2, 0) is 24.0 Å². The van der Waals surface area contributed by atoms with Crippen LogP contribution in [0.3, 0.4) is 0 Å². The van der Waals surface area contributed by atoms with Gasteiger partial charge in [-0.1, -0.05) is 6.92 Å². The summed E-state index contributed by atoms with van der Waals surface area (Å²) in [5.74, 6) is -0.598. The molecule has 1 aromatic rings. The van der Waals surface area contributed by atoms with Crippen LogP contribution in [0.2, 0.25) is 0 Å². The van der Waals surface area contributed by atoms with Crippen molar-refractivity contribution in [2.24, 2.45) is 5.92 Å². The van der Waals surface area contributed by atoms with E-state index in [1.807, 2.05) is 0 Å². The first kappa shape index (κ1) is 25.8. The van der Waals surface area contributed by atoms with Crippen LogP contribution in [0.15, 0.2) is 24.3 Å². The van der Waals surface area contributed by atoms with Gasteiger partial charge >= 0.3 is 0 Å². The van der Waals surface area contributed by atoms with E-state index in [1.54, 1.807) is 49.9 Å². The highest BCUT2D eigenvalue weighted by atomic mass is 16.7. The molecule has 1 atom stereocenters. The van der Waals surface area contributed by atoms with E-state index >= 15 is 0 Å². The number of rotatable bonds is 10. The predicted octanol–water partition coefficient (Wildman–Crippen LogP) is 1.56. The van der Waals surface area contributed by atoms with Crippen LogP contribution in [0.4, 0.5) is 5.69 Å². The summed E-state index contributed by atoms with van der Waals surface area (Å²) in [6, 6.07) is 5.58. The monoisotopic (exact) mass is 460 g/mol. The van der Waals surface area contributed by atoms with Crippen LogP contribution < -0.4 is 21.0 Å². The van der Waals surface area contributed by atoms with Crippen LogP contribution in [0.25, 0.3) is 0 Å². The van der Waals surface area contributed by atoms with Gasteiger partial charge in [-0.3, -0.25) is 24.0 Å². The summed E-state index contributed by atoms with van der Waals surface area (Å²) < 4.78 is 0. The maximum Gasteiger partial charge on any atom is 0.252 e. The average molecular weight is 461 g/mol. The Hall–Kier alpha value is -3.43. The van der Waals surface area contributed by atoms with Gasteiger partial charge in [0.15, 0.2) is 5.75 Å². The molecule has 0 aromatic heterocycles. The van der Waals surface area contributed by atoms with Crippen molar-refractivity contribution in [3.8, 4) is 5.75 Å². The van der Waals surface area contributed by atoms with Crippen molar-refractivity contribution >= 4 is 35.1 Å². The topological polar surface area (TPSA) is 134 Å². The third-order valence-corrected chi connectivity index (χ3v) is 5.48. The molecule has 0 saturated carbocycles. The molecular formula is C23H32N4O6. The Morgan fingerprint density at radius 2 is 1.67 bits per heavy atom. The molecule has 0 spiro atoms. The molecule has 180 valence electrons. The van der Waals surface area contributed by atoms with Gasteiger partial charge in [-0.05, 0) is 51.0 Å². The van der Waals surface area contributed by atoms with Gasteiger partial charge in [-0.2, -0.15) is 5.48 Å². The molecule has 4 amide bonds. The normalized spacial score (nSPS) is 14.7. The fourth-order valence-electron chi connectivity index (χ4n) is 3.34. The van der Waals surface area contributed by atoms with Crippen LogP contribution >= 0.6 is 0 Å². The molecule has 1 aliphatic rings. The maximum absolute atomic E-state index is 12.3. The number of piperidine rings is 1. The lowest BCUT2D eigenvalue weighted by molar-refractivity contribution is -0.136. The third kappa shape index (κ3) is 8.55. The number of anilines is 1. The zero-order valence-corrected chi connectivity index (χ0v) is 19.3. The molecule has 10 heteroatoms. The Morgan fingerprint density at radius 1 is 1.03 bits per heavy atom. The van der Waals surface area contributed by atoms with Crippen molar-refractivity contribution in [2.45, 2.75) is 58.9 Å². The average Bonchev–Trinajstić information content (AvgIpc) is 2.81. The van der Waals surface area contributed by atoms with E-state index in [4.69, 9.17) is 4.84 Å². The lowest BCUT2D eigenvalue weighted by atomic mass is 9.93. The number of carbonyl (C=O) groups excluding carboxylic acids is 5. The molecule has 1 fully saturated rings. The minimum Gasteiger partial charge on any atom is -0.380 e. The molecule has 1 heterocycles. The van der Waals surface area contributed by atoms with Gasteiger partial charge in [-0.15, -0.1) is 0 Å². The minimum atomic E-state index is -0.793. The van der Waals surface area contributed by atoms with E-state index < -0.39 is 11.9 Å². The van der Waals surface area contributed by atoms with E-state index in [0.717, 1.165) is 0 Å². The maximum atomic E-state index is 12.3. The molecule has 0 bridgehead atoms. The smallest absolute Gasteiger partial charge is 0.252 e. The number of Topliss-reactive ketones (excluding diaryl/α,β-unsaturated/α-hetero) is 1. The van der Waals surface area contributed by atoms with Gasteiger partial charge < -0.3 is 20.4 Å². The Balaban J connectivity index is 1.71. The first-order valence-electron chi connectivity index (χ1n) is 11.1. The highest BCUT2D eigenvalue weighted by Gasteiger charge is 2.25. The molecule has 3 N–H and O–H groups in total. The van der Waals surface area contributed by atoms with Crippen molar-refractivity contribution in [3.63, 3.8) is 0 Å². The largest absolute Gasteiger partial charge is 0.380 e. The number of ketones is 1. The molecule has 33 heavy (non-hydrogen) atoms. The fraction of sp³-hybridized carbons (Fsp3) is 0.522. The molecule has 1 aliphatic heterocycles. The van der Waals surface area contributed by atoms with Crippen LogP contribution in [0, 0.1) is 5.92 Å². The first-order chi connectivity index (χ1) is 15.7. The number of hydroxylamine groups is 1. The van der Waals surface area contributed by atoms with Crippen molar-refractivity contribution in [1.82, 2.24) is 15.7 Å². The Kier molecular flexibility index (Phi) is 9.84. The molecular weight excluding hydrogens is 428 g/mol. The van der Waals surface area contributed by atoms with E-state index in [1.165, 1.54) is 0 Å². The summed E-state index contributed by atoms with van der Waals surface area (Å²) >= 11 is 0. The molecule has 10 nitrogen and oxygen atoms in total. The van der Waals surface area contributed by atoms with Gasteiger partial charge in [0.1, 0.15) is 11.8 Å². The van der Waals surface area contributed by atoms with Gasteiger partial charge in [0.25, 0.3) is 5.91 Å². The molecule has 0 unspecified atom stereocenters. The van der Waals surface area contributed by atoms with Gasteiger partial charge in [0.2, 0.25) is 17.7 Å². The second-order valence-corrected chi connectivity index (χ2v) is 8.05. The van der Waals surface area contributed by atoms with Gasteiger partial charge in [0, 0.05) is 44.0 Å². The van der Waals surface area contributed by atoms with E-state index in [2.05, 4.69) is 16.1 Å². The first-order valence-corrected chi connectivity index (χ1v) is 11.1. The number of nitrogens with zero attached hydrogens (tertiary/aromatic N) is 1. The summed E-state index contributed by atoms with van der Waals surface area (Å²) in [6.45, 7) is 5.88. The predicted molar refractivity (Wildman–Crippen MR) is 121 cm³/mol. The summed E-state index contributed by atoms with van der Waals surface area (Å²) in [7, 11) is 0. The summed E-state index contributed by atoms with van der Waals surface area (Å²) in [5.41, 5.74) is 2.78. The number of hydrogen-bond donors (Lipinski definition) is 3. The number of hydrogen-bond acceptors (Lipinski definition) is 6. The number of nitrogens with one attached hydrogen (secondary N) is 3. The summed E-state index contributed by atoms with van der Waals surface area (Å²) in [6.07, 6.45) is 1.65. The highest BCUT2D eigenvalue weighted by molar-refractivity contribution is 5.97. The Labute approximate surface area is 193 Å². The van der Waals surface area contributed by atoms with Crippen molar-refractivity contribution in [2.75, 3.05) is 18.4 Å². The Morgan fingerprint density at radius 3 is 2.24 bits per heavy atom. The minimum absolute atomic E-state index is 0.0153. The number of amides is 4. The number of likely N-dealkylation sites (tertiary alicyclic amines) is 1. The van der Waals surface area contributed by atoms with Crippen LogP contribution in [0.5, 0.6) is 5.75 Å². The second-order valence-electron chi connectivity index (χ2n) is 8.05. The number of benzene rings is 1. The number of carbonyl (C=O) groups is 5. The highest BCUT2D eigenvalue weighted by Crippen LogP contribution is 2.19. The summed E-state index contributed by atoms with van der Waals surface area (Å²) in [4.78, 5) is 66.3. The van der Waals surface area contributed by atoms with E-state index in [0.29, 0.717) is 43.8 Å². The van der Waals surface area contributed by atoms with Gasteiger partial charge in [-0.25, -0.2) is 0 Å². The fourth-order valence-corrected chi connectivity index (χ4v) is 3.34. The second kappa shape index (κ2) is 12.6. The molecule has 0 radical (unpaired) electrons. The van der Waals surface area contributed by atoms with E-state index in [9.17, 15) is 24.0 Å². The SMILES string of the molecule is CCC(=O)NOc1ccc(NC(=O)[C@H](C)NC(=O)CCC(=O)N2CCC(C(C)=O)CC2)cc1. The molecule has 2 rings (SSSR count). The van der Waals surface area contributed by atoms with Crippen LogP contribution in [0.1, 0.15) is 52.9 Å². The zero-order valence-electron chi connectivity index (χ0n) is 19.3. The van der Waals surface area contributed by atoms with E-state index in [-0.39, 0.29) is 42.3 Å². The van der Waals surface area contributed by atoms with Crippen molar-refractivity contribution in [3.05, 3.63) is 24.3 Å². The molecule has 1 saturated heterocycles. The molecule has 1 aromatic carbocycles. The zero-order chi connectivity index (χ0) is 24.4. The Bertz CT molecular complexity index is 862. The van der Waals surface area contributed by atoms with Crippen molar-refractivity contribution < 1.29 is 28.8 Å². The molecule has 0 aliphatic carbocycles. The standard InChI is InChI=1S/C23H32N4O6/c1-4-20(29)26-33-19-7-5-18(6-8-19)25-23(32)15(2)24-21(30)9-10-22(31)27-13-11-17(12-14-27)16(3)28/h5-8,15,17H,4,9-14H2,1-3H3,(H,24,30)(H,25,32)(H,26,29)/t15-/m0/s1. The van der Waals surface area contributed by atoms with Gasteiger partial charge in [0.05, 0.1) is 0 Å². The lowest BCUT2D eigenvalue weighted by Crippen LogP contribution is -2.43. The lowest BCUT2D eigenvalue weighted by Gasteiger charge is -2.30. The quantitative estimate of drug-likeness (QED) is 0.454. The van der Waals surface area contributed by atoms with Crippen LogP contribution in [-0.4, -0.2) is 53.4 Å². The third-order valence-electron chi connectivity index (χ3n) is 5.48. The van der Waals surface area contributed by atoms with Crippen molar-refractivity contribution in [1.29, 1.82) is 0 Å².